The molecular weight excluding hydrogens is 284 g/mol. The van der Waals surface area contributed by atoms with Gasteiger partial charge in [0.15, 0.2) is 5.43 Å². The lowest BCUT2D eigenvalue weighted by Gasteiger charge is -2.35. The largest absolute Gasteiger partial charge is 0.396 e. The van der Waals surface area contributed by atoms with Gasteiger partial charge in [0.2, 0.25) is 0 Å². The van der Waals surface area contributed by atoms with Crippen molar-refractivity contribution in [1.82, 2.24) is 9.88 Å². The maximum Gasteiger partial charge on any atom is 0.270 e. The monoisotopic (exact) mass is 302 g/mol. The second kappa shape index (κ2) is 5.90. The molecule has 3 rings (SSSR count). The van der Waals surface area contributed by atoms with E-state index in [1.54, 1.807) is 24.3 Å². The molecule has 2 heterocycles. The highest BCUT2D eigenvalue weighted by Crippen LogP contribution is 2.19. The van der Waals surface area contributed by atoms with Gasteiger partial charge in [-0.3, -0.25) is 9.59 Å². The third-order valence-corrected chi connectivity index (χ3v) is 4.21. The van der Waals surface area contributed by atoms with Crippen LogP contribution in [-0.2, 0) is 0 Å². The first kappa shape index (κ1) is 14.7. The van der Waals surface area contributed by atoms with E-state index in [4.69, 9.17) is 5.11 Å². The van der Waals surface area contributed by atoms with Crippen molar-refractivity contribution in [3.63, 3.8) is 0 Å². The number of nitrogens with zero attached hydrogens (tertiary/aromatic N) is 1. The molecule has 0 radical (unpaired) electrons. The van der Waals surface area contributed by atoms with E-state index in [-0.39, 0.29) is 36.1 Å². The van der Waals surface area contributed by atoms with Gasteiger partial charge < -0.3 is 20.1 Å². The van der Waals surface area contributed by atoms with E-state index in [2.05, 4.69) is 4.98 Å². The van der Waals surface area contributed by atoms with E-state index in [0.29, 0.717) is 23.9 Å². The number of carbonyl (C=O) groups excluding carboxylic acids is 1. The van der Waals surface area contributed by atoms with Crippen LogP contribution in [-0.4, -0.2) is 51.8 Å². The van der Waals surface area contributed by atoms with Gasteiger partial charge in [-0.2, -0.15) is 0 Å². The summed E-state index contributed by atoms with van der Waals surface area (Å²) < 4.78 is 0. The van der Waals surface area contributed by atoms with E-state index < -0.39 is 6.10 Å². The van der Waals surface area contributed by atoms with Gasteiger partial charge in [-0.05, 0) is 18.6 Å². The van der Waals surface area contributed by atoms with Gasteiger partial charge in [-0.15, -0.1) is 0 Å². The summed E-state index contributed by atoms with van der Waals surface area (Å²) in [6.45, 7) is 0.533. The molecule has 1 aliphatic heterocycles. The van der Waals surface area contributed by atoms with Crippen LogP contribution in [0.2, 0.25) is 0 Å². The Bertz CT molecular complexity index is 755. The lowest BCUT2D eigenvalue weighted by molar-refractivity contribution is 0.000672. The van der Waals surface area contributed by atoms with E-state index in [9.17, 15) is 14.7 Å². The predicted molar refractivity (Wildman–Crippen MR) is 81.7 cm³/mol. The van der Waals surface area contributed by atoms with Crippen molar-refractivity contribution < 1.29 is 15.0 Å². The van der Waals surface area contributed by atoms with Crippen molar-refractivity contribution in [2.24, 2.45) is 5.92 Å². The minimum absolute atomic E-state index is 0.0873. The molecule has 0 aliphatic carbocycles. The number of amides is 1. The molecule has 0 saturated carbocycles. The zero-order chi connectivity index (χ0) is 15.7. The number of carbonyl (C=O) groups is 1. The fourth-order valence-corrected chi connectivity index (χ4v) is 2.86. The summed E-state index contributed by atoms with van der Waals surface area (Å²) in [6.07, 6.45) is -0.198. The SMILES string of the molecule is O=C(c1cc(=O)c2ccccc2[nH]1)N1CC[C@@H](CO)[C@H](O)C1. The number of aromatic nitrogens is 1. The summed E-state index contributed by atoms with van der Waals surface area (Å²) in [5.41, 5.74) is 0.631. The Kier molecular flexibility index (Phi) is 3.96. The number of hydrogen-bond acceptors (Lipinski definition) is 4. The molecule has 6 heteroatoms. The number of aliphatic hydroxyl groups excluding tert-OH is 2. The molecule has 2 atom stereocenters. The molecule has 6 nitrogen and oxygen atoms in total. The number of piperidine rings is 1. The Morgan fingerprint density at radius 1 is 1.36 bits per heavy atom. The van der Waals surface area contributed by atoms with Crippen LogP contribution in [0.25, 0.3) is 10.9 Å². The number of aromatic amines is 1. The third kappa shape index (κ3) is 2.63. The van der Waals surface area contributed by atoms with E-state index in [1.807, 2.05) is 0 Å². The lowest BCUT2D eigenvalue weighted by Crippen LogP contribution is -2.47. The topological polar surface area (TPSA) is 93.6 Å². The molecule has 2 aromatic rings. The molecule has 22 heavy (non-hydrogen) atoms. The van der Waals surface area contributed by atoms with E-state index >= 15 is 0 Å². The first-order valence-electron chi connectivity index (χ1n) is 7.30. The Labute approximate surface area is 127 Å². The number of rotatable bonds is 2. The average Bonchev–Trinajstić information content (AvgIpc) is 2.54. The van der Waals surface area contributed by atoms with Gasteiger partial charge in [0, 0.05) is 42.6 Å². The number of para-hydroxylation sites is 1. The third-order valence-electron chi connectivity index (χ3n) is 4.21. The normalized spacial score (nSPS) is 22.0. The number of β-amino-alcohol motifs (C(OH)–C–C–N with tert-alkyl or cyclic N) is 1. The molecular formula is C16H18N2O4. The van der Waals surface area contributed by atoms with Crippen LogP contribution in [0.5, 0.6) is 0 Å². The van der Waals surface area contributed by atoms with E-state index in [0.717, 1.165) is 0 Å². The Balaban J connectivity index is 1.88. The average molecular weight is 302 g/mol. The fourth-order valence-electron chi connectivity index (χ4n) is 2.86. The highest BCUT2D eigenvalue weighted by atomic mass is 16.3. The van der Waals surface area contributed by atoms with Gasteiger partial charge in [0.05, 0.1) is 6.10 Å². The first-order chi connectivity index (χ1) is 10.6. The Morgan fingerprint density at radius 3 is 2.86 bits per heavy atom. The molecule has 0 spiro atoms. The number of likely N-dealkylation sites (tertiary alicyclic amines) is 1. The zero-order valence-corrected chi connectivity index (χ0v) is 12.0. The number of pyridine rings is 1. The molecule has 3 N–H and O–H groups in total. The number of hydrogen-bond donors (Lipinski definition) is 3. The molecule has 1 amide bonds. The Morgan fingerprint density at radius 2 is 2.14 bits per heavy atom. The number of benzene rings is 1. The van der Waals surface area contributed by atoms with Crippen LogP contribution in [0.15, 0.2) is 35.1 Å². The van der Waals surface area contributed by atoms with Crippen LogP contribution in [0.1, 0.15) is 16.9 Å². The summed E-state index contributed by atoms with van der Waals surface area (Å²) in [5.74, 6) is -0.502. The van der Waals surface area contributed by atoms with Crippen LogP contribution in [0, 0.1) is 5.92 Å². The molecule has 116 valence electrons. The summed E-state index contributed by atoms with van der Waals surface area (Å²) in [4.78, 5) is 29.1. The molecule has 0 bridgehead atoms. The molecule has 1 aromatic carbocycles. The second-order valence-electron chi connectivity index (χ2n) is 5.64. The molecule has 1 fully saturated rings. The number of H-pyrrole nitrogens is 1. The number of aliphatic hydroxyl groups is 2. The Hall–Kier alpha value is -2.18. The summed E-state index contributed by atoms with van der Waals surface area (Å²) in [5, 5.41) is 19.6. The lowest BCUT2D eigenvalue weighted by atomic mass is 9.94. The highest BCUT2D eigenvalue weighted by molar-refractivity contribution is 5.94. The minimum atomic E-state index is -0.741. The van der Waals surface area contributed by atoms with Crippen LogP contribution >= 0.6 is 0 Å². The van der Waals surface area contributed by atoms with Crippen molar-refractivity contribution in [2.45, 2.75) is 12.5 Å². The second-order valence-corrected chi connectivity index (χ2v) is 5.64. The first-order valence-corrected chi connectivity index (χ1v) is 7.30. The molecule has 1 saturated heterocycles. The molecule has 1 aromatic heterocycles. The van der Waals surface area contributed by atoms with Crippen molar-refractivity contribution in [3.8, 4) is 0 Å². The predicted octanol–water partition coefficient (Wildman–Crippen LogP) is 0.343. The summed E-state index contributed by atoms with van der Waals surface area (Å²) in [6, 6.07) is 8.33. The summed E-state index contributed by atoms with van der Waals surface area (Å²) in [7, 11) is 0. The van der Waals surface area contributed by atoms with Gasteiger partial charge in [0.1, 0.15) is 5.69 Å². The van der Waals surface area contributed by atoms with Crippen molar-refractivity contribution in [3.05, 3.63) is 46.2 Å². The van der Waals surface area contributed by atoms with Crippen molar-refractivity contribution in [1.29, 1.82) is 0 Å². The quantitative estimate of drug-likeness (QED) is 0.746. The van der Waals surface area contributed by atoms with Gasteiger partial charge >= 0.3 is 0 Å². The maximum absolute atomic E-state index is 12.5. The highest BCUT2D eigenvalue weighted by Gasteiger charge is 2.30. The van der Waals surface area contributed by atoms with Crippen molar-refractivity contribution in [2.75, 3.05) is 19.7 Å². The fraction of sp³-hybridized carbons (Fsp3) is 0.375. The smallest absolute Gasteiger partial charge is 0.270 e. The van der Waals surface area contributed by atoms with Crippen LogP contribution in [0.4, 0.5) is 0 Å². The minimum Gasteiger partial charge on any atom is -0.396 e. The van der Waals surface area contributed by atoms with Crippen molar-refractivity contribution >= 4 is 16.8 Å². The number of nitrogens with one attached hydrogen (secondary N) is 1. The van der Waals surface area contributed by atoms with Crippen LogP contribution in [0.3, 0.4) is 0 Å². The standard InChI is InChI=1S/C16H18N2O4/c19-9-10-5-6-18(8-15(10)21)16(22)13-7-14(20)11-3-1-2-4-12(11)17-13/h1-4,7,10,15,19,21H,5-6,8-9H2,(H,17,20)/t10-,15+/m0/s1. The molecule has 1 aliphatic rings. The van der Waals surface area contributed by atoms with Gasteiger partial charge in [-0.1, -0.05) is 12.1 Å². The van der Waals surface area contributed by atoms with Gasteiger partial charge in [0.25, 0.3) is 5.91 Å². The van der Waals surface area contributed by atoms with Crippen LogP contribution < -0.4 is 5.43 Å². The number of fused-ring (bicyclic) bond motifs is 1. The van der Waals surface area contributed by atoms with Gasteiger partial charge in [-0.25, -0.2) is 0 Å². The maximum atomic E-state index is 12.5. The zero-order valence-electron chi connectivity index (χ0n) is 12.0. The van der Waals surface area contributed by atoms with E-state index in [1.165, 1.54) is 11.0 Å². The summed E-state index contributed by atoms with van der Waals surface area (Å²) >= 11 is 0. The molecule has 0 unspecified atom stereocenters.